The maximum Gasteiger partial charge on any atom is 0.390 e. The van der Waals surface area contributed by atoms with E-state index in [0.717, 1.165) is 12.8 Å². The highest BCUT2D eigenvalue weighted by Gasteiger charge is 2.27. The molecule has 0 saturated heterocycles. The molecule has 12 heteroatoms. The van der Waals surface area contributed by atoms with Gasteiger partial charge in [0.25, 0.3) is 5.91 Å². The van der Waals surface area contributed by atoms with Crippen molar-refractivity contribution in [1.29, 1.82) is 0 Å². The molecule has 1 aliphatic carbocycles. The molecule has 0 bridgehead atoms. The molecule has 1 amide bonds. The number of benzene rings is 1. The lowest BCUT2D eigenvalue weighted by molar-refractivity contribution is -0.131. The van der Waals surface area contributed by atoms with Crippen LogP contribution < -0.4 is 15.4 Å². The van der Waals surface area contributed by atoms with E-state index < -0.39 is 12.6 Å². The average Bonchev–Trinajstić information content (AvgIpc) is 3.38. The molecular weight excluding hydrogens is 475 g/mol. The Morgan fingerprint density at radius 1 is 1.19 bits per heavy atom. The normalized spacial score (nSPS) is 13.7. The molecule has 1 aromatic carbocycles. The third-order valence-electron chi connectivity index (χ3n) is 5.93. The van der Waals surface area contributed by atoms with Gasteiger partial charge in [-0.3, -0.25) is 9.48 Å². The van der Waals surface area contributed by atoms with Crippen LogP contribution in [0.5, 0.6) is 5.75 Å². The molecule has 0 radical (unpaired) electrons. The SMILES string of the molecule is COc1cc(C(=O)NC2CC2)ccc1-c1cnc2c(NCCC(F)(F)F)cc(-c3ccnn3C)nn12. The number of rotatable bonds is 8. The van der Waals surface area contributed by atoms with Crippen LogP contribution in [-0.4, -0.2) is 56.2 Å². The van der Waals surface area contributed by atoms with Crippen molar-refractivity contribution < 1.29 is 22.7 Å². The second-order valence-corrected chi connectivity index (χ2v) is 8.62. The second-order valence-electron chi connectivity index (χ2n) is 8.62. The number of carbonyl (C=O) groups excluding carboxylic acids is 1. The molecule has 4 aromatic rings. The van der Waals surface area contributed by atoms with Gasteiger partial charge in [-0.25, -0.2) is 9.50 Å². The van der Waals surface area contributed by atoms with Gasteiger partial charge in [0.15, 0.2) is 5.65 Å². The smallest absolute Gasteiger partial charge is 0.390 e. The molecule has 1 fully saturated rings. The number of imidazole rings is 1. The number of aryl methyl sites for hydroxylation is 1. The summed E-state index contributed by atoms with van der Waals surface area (Å²) in [5.41, 5.74) is 3.58. The van der Waals surface area contributed by atoms with Crippen LogP contribution in [0.2, 0.25) is 0 Å². The van der Waals surface area contributed by atoms with Crippen molar-refractivity contribution in [1.82, 2.24) is 29.7 Å². The Morgan fingerprint density at radius 3 is 2.67 bits per heavy atom. The van der Waals surface area contributed by atoms with Crippen LogP contribution in [0.15, 0.2) is 42.7 Å². The van der Waals surface area contributed by atoms with Crippen molar-refractivity contribution in [2.45, 2.75) is 31.5 Å². The van der Waals surface area contributed by atoms with Gasteiger partial charge in [-0.15, -0.1) is 0 Å². The van der Waals surface area contributed by atoms with Gasteiger partial charge >= 0.3 is 6.18 Å². The number of hydrogen-bond donors (Lipinski definition) is 2. The summed E-state index contributed by atoms with van der Waals surface area (Å²) in [6.07, 6.45) is -0.135. The van der Waals surface area contributed by atoms with Gasteiger partial charge in [0, 0.05) is 37.0 Å². The third-order valence-corrected chi connectivity index (χ3v) is 5.93. The van der Waals surface area contributed by atoms with Crippen molar-refractivity contribution in [2.75, 3.05) is 19.0 Å². The first kappa shape index (κ1) is 23.6. The molecular formula is C24H24F3N7O2. The Bertz CT molecular complexity index is 1420. The zero-order valence-corrected chi connectivity index (χ0v) is 19.6. The van der Waals surface area contributed by atoms with Crippen LogP contribution in [0.4, 0.5) is 18.9 Å². The summed E-state index contributed by atoms with van der Waals surface area (Å²) in [7, 11) is 3.25. The minimum atomic E-state index is -4.29. The number of nitrogens with one attached hydrogen (secondary N) is 2. The molecule has 3 heterocycles. The number of fused-ring (bicyclic) bond motifs is 1. The van der Waals surface area contributed by atoms with Crippen molar-refractivity contribution in [2.24, 2.45) is 7.05 Å². The van der Waals surface area contributed by atoms with E-state index in [4.69, 9.17) is 9.84 Å². The minimum absolute atomic E-state index is 0.173. The zero-order chi connectivity index (χ0) is 25.4. The van der Waals surface area contributed by atoms with Crippen LogP contribution in [-0.2, 0) is 7.05 Å². The lowest BCUT2D eigenvalue weighted by Crippen LogP contribution is -2.25. The first-order valence-corrected chi connectivity index (χ1v) is 11.4. The largest absolute Gasteiger partial charge is 0.496 e. The maximum absolute atomic E-state index is 12.8. The quantitative estimate of drug-likeness (QED) is 0.380. The highest BCUT2D eigenvalue weighted by Crippen LogP contribution is 2.34. The first-order chi connectivity index (χ1) is 17.2. The summed E-state index contributed by atoms with van der Waals surface area (Å²) in [6.45, 7) is -0.315. The third kappa shape index (κ3) is 4.83. The number of anilines is 1. The van der Waals surface area contributed by atoms with Crippen LogP contribution in [0, 0.1) is 0 Å². The fourth-order valence-electron chi connectivity index (χ4n) is 3.91. The van der Waals surface area contributed by atoms with Gasteiger partial charge in [-0.05, 0) is 43.2 Å². The van der Waals surface area contributed by atoms with E-state index in [1.54, 1.807) is 59.0 Å². The number of hydrogen-bond acceptors (Lipinski definition) is 6. The van der Waals surface area contributed by atoms with E-state index in [1.165, 1.54) is 7.11 Å². The standard InChI is InChI=1S/C24H24F3N7O2/c1-33-19(7-9-30-33)17-12-18(28-10-8-24(25,26)27)22-29-13-20(34(22)32-17)16-6-3-14(11-21(16)36-2)23(35)31-15-4-5-15/h3,6-7,9,11-13,15,28H,4-5,8,10H2,1-2H3,(H,31,35). The minimum Gasteiger partial charge on any atom is -0.496 e. The molecule has 9 nitrogen and oxygen atoms in total. The van der Waals surface area contributed by atoms with Crippen LogP contribution in [0.25, 0.3) is 28.3 Å². The average molecular weight is 499 g/mol. The molecule has 0 unspecified atom stereocenters. The van der Waals surface area contributed by atoms with Crippen molar-refractivity contribution in [3.05, 3.63) is 48.3 Å². The molecule has 0 atom stereocenters. The number of aromatic nitrogens is 5. The molecule has 36 heavy (non-hydrogen) atoms. The topological polar surface area (TPSA) is 98.4 Å². The van der Waals surface area contributed by atoms with E-state index in [-0.39, 0.29) is 18.5 Å². The highest BCUT2D eigenvalue weighted by molar-refractivity contribution is 5.96. The van der Waals surface area contributed by atoms with E-state index in [2.05, 4.69) is 20.7 Å². The molecule has 0 spiro atoms. The monoisotopic (exact) mass is 499 g/mol. The van der Waals surface area contributed by atoms with Crippen molar-refractivity contribution in [3.63, 3.8) is 0 Å². The second kappa shape index (κ2) is 9.17. The van der Waals surface area contributed by atoms with Crippen LogP contribution in [0.1, 0.15) is 29.6 Å². The van der Waals surface area contributed by atoms with E-state index in [1.807, 2.05) is 0 Å². The molecule has 3 aromatic heterocycles. The number of halogens is 3. The number of alkyl halides is 3. The number of carbonyl (C=O) groups is 1. The molecule has 0 aliphatic heterocycles. The Balaban J connectivity index is 1.58. The van der Waals surface area contributed by atoms with Gasteiger partial charge in [-0.1, -0.05) is 0 Å². The fourth-order valence-corrected chi connectivity index (χ4v) is 3.91. The Labute approximate surface area is 204 Å². The Morgan fingerprint density at radius 2 is 2.00 bits per heavy atom. The molecule has 5 rings (SSSR count). The molecule has 1 aliphatic rings. The van der Waals surface area contributed by atoms with E-state index >= 15 is 0 Å². The summed E-state index contributed by atoms with van der Waals surface area (Å²) in [4.78, 5) is 16.9. The number of ether oxygens (including phenoxy) is 1. The van der Waals surface area contributed by atoms with Gasteiger partial charge in [0.05, 0.1) is 36.8 Å². The first-order valence-electron chi connectivity index (χ1n) is 11.4. The molecule has 1 saturated carbocycles. The lowest BCUT2D eigenvalue weighted by atomic mass is 10.1. The van der Waals surface area contributed by atoms with Gasteiger partial charge in [-0.2, -0.15) is 23.4 Å². The predicted octanol–water partition coefficient (Wildman–Crippen LogP) is 4.06. The highest BCUT2D eigenvalue weighted by atomic mass is 19.4. The van der Waals surface area contributed by atoms with Crippen molar-refractivity contribution >= 4 is 17.2 Å². The fraction of sp³-hybridized carbons (Fsp3) is 0.333. The zero-order valence-electron chi connectivity index (χ0n) is 19.6. The van der Waals surface area contributed by atoms with Gasteiger partial charge in [0.2, 0.25) is 0 Å². The van der Waals surface area contributed by atoms with E-state index in [0.29, 0.717) is 45.3 Å². The molecule has 2 N–H and O–H groups in total. The summed E-state index contributed by atoms with van der Waals surface area (Å²) in [5, 5.41) is 14.7. The summed E-state index contributed by atoms with van der Waals surface area (Å²) >= 11 is 0. The van der Waals surface area contributed by atoms with Crippen LogP contribution >= 0.6 is 0 Å². The summed E-state index contributed by atoms with van der Waals surface area (Å²) < 4.78 is 47.1. The maximum atomic E-state index is 12.8. The molecule has 188 valence electrons. The number of methoxy groups -OCH3 is 1. The summed E-state index contributed by atoms with van der Waals surface area (Å²) in [5.74, 6) is 0.271. The predicted molar refractivity (Wildman–Crippen MR) is 127 cm³/mol. The Kier molecular flexibility index (Phi) is 6.02. The Hall–Kier alpha value is -4.09. The van der Waals surface area contributed by atoms with Crippen molar-refractivity contribution in [3.8, 4) is 28.4 Å². The van der Waals surface area contributed by atoms with Gasteiger partial charge in [0.1, 0.15) is 11.4 Å². The summed E-state index contributed by atoms with van der Waals surface area (Å²) in [6, 6.07) is 8.74. The number of nitrogens with zero attached hydrogens (tertiary/aromatic N) is 5. The van der Waals surface area contributed by atoms with Gasteiger partial charge < -0.3 is 15.4 Å². The van der Waals surface area contributed by atoms with Crippen LogP contribution in [0.3, 0.4) is 0 Å². The van der Waals surface area contributed by atoms with E-state index in [9.17, 15) is 18.0 Å². The number of amides is 1. The lowest BCUT2D eigenvalue weighted by Gasteiger charge is -2.13.